The van der Waals surface area contributed by atoms with Crippen LogP contribution in [0.25, 0.3) is 0 Å². The van der Waals surface area contributed by atoms with Crippen LogP contribution in [0.2, 0.25) is 0 Å². The molecule has 1 aliphatic heterocycles. The number of hydrogen-bond donors (Lipinski definition) is 1. The molecule has 1 fully saturated rings. The molecule has 0 unspecified atom stereocenters. The number of nitrogens with one attached hydrogen (secondary N) is 1. The number of rotatable bonds is 5. The van der Waals surface area contributed by atoms with Crippen molar-refractivity contribution < 1.29 is 12.8 Å². The van der Waals surface area contributed by atoms with Gasteiger partial charge in [0.2, 0.25) is 10.0 Å². The van der Waals surface area contributed by atoms with Crippen molar-refractivity contribution in [2.45, 2.75) is 24.7 Å². The molecule has 0 aromatic heterocycles. The molecule has 1 aromatic rings. The molecule has 0 saturated carbocycles. The van der Waals surface area contributed by atoms with E-state index in [0.29, 0.717) is 19.0 Å². The zero-order valence-electron chi connectivity index (χ0n) is 11.7. The highest BCUT2D eigenvalue weighted by Crippen LogP contribution is 2.20. The lowest BCUT2D eigenvalue weighted by atomic mass is 9.98. The molecule has 0 radical (unpaired) electrons. The van der Waals surface area contributed by atoms with Crippen molar-refractivity contribution in [3.8, 4) is 0 Å². The lowest BCUT2D eigenvalue weighted by Crippen LogP contribution is -2.39. The smallest absolute Gasteiger partial charge is 0.243 e. The van der Waals surface area contributed by atoms with Gasteiger partial charge < -0.3 is 5.32 Å². The molecule has 0 atom stereocenters. The normalized spacial score (nSPS) is 17.6. The first-order valence-corrected chi connectivity index (χ1v) is 8.44. The van der Waals surface area contributed by atoms with E-state index in [1.165, 1.54) is 28.6 Å². The van der Waals surface area contributed by atoms with E-state index in [9.17, 15) is 12.8 Å². The van der Waals surface area contributed by atoms with E-state index >= 15 is 0 Å². The summed E-state index contributed by atoms with van der Waals surface area (Å²) in [6.45, 7) is 4.70. The first-order valence-electron chi connectivity index (χ1n) is 7.00. The zero-order valence-corrected chi connectivity index (χ0v) is 12.5. The molecule has 1 heterocycles. The van der Waals surface area contributed by atoms with E-state index in [0.717, 1.165) is 25.9 Å². The van der Waals surface area contributed by atoms with Gasteiger partial charge in [-0.15, -0.1) is 0 Å². The van der Waals surface area contributed by atoms with Gasteiger partial charge in [-0.1, -0.05) is 6.92 Å². The average Bonchev–Trinajstić information content (AvgIpc) is 2.46. The van der Waals surface area contributed by atoms with Crippen LogP contribution in [0.1, 0.15) is 19.8 Å². The first kappa shape index (κ1) is 15.4. The summed E-state index contributed by atoms with van der Waals surface area (Å²) in [5.74, 6) is -0.0308. The molecule has 0 spiro atoms. The van der Waals surface area contributed by atoms with Gasteiger partial charge in [0, 0.05) is 13.1 Å². The van der Waals surface area contributed by atoms with Crippen LogP contribution in [0, 0.1) is 11.7 Å². The monoisotopic (exact) mass is 300 g/mol. The molecule has 1 N–H and O–H groups in total. The molecule has 4 nitrogen and oxygen atoms in total. The molecule has 1 aliphatic rings. The number of nitrogens with zero attached hydrogens (tertiary/aromatic N) is 1. The van der Waals surface area contributed by atoms with Crippen LogP contribution < -0.4 is 5.32 Å². The minimum Gasteiger partial charge on any atom is -0.317 e. The molecule has 2 rings (SSSR count). The molecule has 0 bridgehead atoms. The highest BCUT2D eigenvalue weighted by atomic mass is 32.2. The second-order valence-electron chi connectivity index (χ2n) is 5.10. The Kier molecular flexibility index (Phi) is 5.12. The molecule has 20 heavy (non-hydrogen) atoms. The standard InChI is InChI=1S/C14H21FN2O2S/c1-2-17(11-12-7-9-16-10-8-12)20(18,19)14-5-3-13(15)4-6-14/h3-6,12,16H,2,7-11H2,1H3. The number of halogens is 1. The number of piperidine rings is 1. The van der Waals surface area contributed by atoms with Gasteiger partial charge in [0.05, 0.1) is 4.90 Å². The van der Waals surface area contributed by atoms with E-state index in [2.05, 4.69) is 5.32 Å². The van der Waals surface area contributed by atoms with E-state index in [1.54, 1.807) is 0 Å². The maximum absolute atomic E-state index is 12.9. The third-order valence-corrected chi connectivity index (χ3v) is 5.68. The summed E-state index contributed by atoms with van der Waals surface area (Å²) >= 11 is 0. The van der Waals surface area contributed by atoms with Crippen LogP contribution in [-0.2, 0) is 10.0 Å². The van der Waals surface area contributed by atoms with E-state index < -0.39 is 15.8 Å². The van der Waals surface area contributed by atoms with Crippen LogP contribution >= 0.6 is 0 Å². The minimum absolute atomic E-state index is 0.162. The number of hydrogen-bond acceptors (Lipinski definition) is 3. The highest BCUT2D eigenvalue weighted by molar-refractivity contribution is 7.89. The molecule has 6 heteroatoms. The highest BCUT2D eigenvalue weighted by Gasteiger charge is 2.26. The van der Waals surface area contributed by atoms with E-state index in [1.807, 2.05) is 6.92 Å². The summed E-state index contributed by atoms with van der Waals surface area (Å²) < 4.78 is 39.5. The van der Waals surface area contributed by atoms with Crippen molar-refractivity contribution in [2.75, 3.05) is 26.2 Å². The molecule has 112 valence electrons. The average molecular weight is 300 g/mol. The van der Waals surface area contributed by atoms with Crippen LogP contribution in [-0.4, -0.2) is 38.9 Å². The Morgan fingerprint density at radius 2 is 1.85 bits per heavy atom. The van der Waals surface area contributed by atoms with Crippen LogP contribution in [0.5, 0.6) is 0 Å². The van der Waals surface area contributed by atoms with Crippen molar-refractivity contribution in [2.24, 2.45) is 5.92 Å². The Balaban J connectivity index is 2.14. The summed E-state index contributed by atoms with van der Waals surface area (Å²) in [6, 6.07) is 5.03. The third kappa shape index (κ3) is 3.56. The summed E-state index contributed by atoms with van der Waals surface area (Å²) in [6.07, 6.45) is 1.99. The lowest BCUT2D eigenvalue weighted by Gasteiger charge is -2.28. The van der Waals surface area contributed by atoms with Crippen molar-refractivity contribution in [1.82, 2.24) is 9.62 Å². The van der Waals surface area contributed by atoms with Crippen molar-refractivity contribution in [3.63, 3.8) is 0 Å². The van der Waals surface area contributed by atoms with Gasteiger partial charge in [-0.3, -0.25) is 0 Å². The summed E-state index contributed by atoms with van der Waals surface area (Å²) in [5, 5.41) is 3.27. The Bertz CT molecular complexity index is 525. The Morgan fingerprint density at radius 3 is 2.40 bits per heavy atom. The molecule has 1 aromatic carbocycles. The van der Waals surface area contributed by atoms with Gasteiger partial charge in [-0.2, -0.15) is 4.31 Å². The van der Waals surface area contributed by atoms with Gasteiger partial charge in [-0.05, 0) is 56.1 Å². The van der Waals surface area contributed by atoms with Gasteiger partial charge in [0.25, 0.3) is 0 Å². The number of benzene rings is 1. The van der Waals surface area contributed by atoms with Gasteiger partial charge in [0.1, 0.15) is 5.82 Å². The van der Waals surface area contributed by atoms with Crippen molar-refractivity contribution in [1.29, 1.82) is 0 Å². The number of sulfonamides is 1. The summed E-state index contributed by atoms with van der Waals surface area (Å²) in [5.41, 5.74) is 0. The van der Waals surface area contributed by atoms with Gasteiger partial charge in [-0.25, -0.2) is 12.8 Å². The quantitative estimate of drug-likeness (QED) is 0.902. The third-order valence-electron chi connectivity index (χ3n) is 3.72. The Hall–Kier alpha value is -0.980. The topological polar surface area (TPSA) is 49.4 Å². The predicted molar refractivity (Wildman–Crippen MR) is 76.4 cm³/mol. The fraction of sp³-hybridized carbons (Fsp3) is 0.571. The molecule has 0 amide bonds. The second kappa shape index (κ2) is 6.65. The van der Waals surface area contributed by atoms with Crippen molar-refractivity contribution in [3.05, 3.63) is 30.1 Å². The SMILES string of the molecule is CCN(CC1CCNCC1)S(=O)(=O)c1ccc(F)cc1. The summed E-state index contributed by atoms with van der Waals surface area (Å²) in [7, 11) is -3.52. The fourth-order valence-electron chi connectivity index (χ4n) is 2.51. The summed E-state index contributed by atoms with van der Waals surface area (Å²) in [4.78, 5) is 0.162. The van der Waals surface area contributed by atoms with Crippen LogP contribution in [0.15, 0.2) is 29.2 Å². The predicted octanol–water partition coefficient (Wildman–Crippen LogP) is 1.84. The maximum atomic E-state index is 12.9. The molecule has 1 saturated heterocycles. The van der Waals surface area contributed by atoms with Crippen LogP contribution in [0.4, 0.5) is 4.39 Å². The Labute approximate surface area is 120 Å². The Morgan fingerprint density at radius 1 is 1.25 bits per heavy atom. The molecular weight excluding hydrogens is 279 g/mol. The second-order valence-corrected chi connectivity index (χ2v) is 7.04. The zero-order chi connectivity index (χ0) is 14.6. The fourth-order valence-corrected chi connectivity index (χ4v) is 4.03. The largest absolute Gasteiger partial charge is 0.317 e. The van der Waals surface area contributed by atoms with E-state index in [-0.39, 0.29) is 4.90 Å². The van der Waals surface area contributed by atoms with E-state index in [4.69, 9.17) is 0 Å². The van der Waals surface area contributed by atoms with Gasteiger partial charge in [0.15, 0.2) is 0 Å². The molecular formula is C14H21FN2O2S. The van der Waals surface area contributed by atoms with Gasteiger partial charge >= 0.3 is 0 Å². The minimum atomic E-state index is -3.52. The lowest BCUT2D eigenvalue weighted by molar-refractivity contribution is 0.294. The van der Waals surface area contributed by atoms with Crippen molar-refractivity contribution >= 4 is 10.0 Å². The first-order chi connectivity index (χ1) is 9.54. The maximum Gasteiger partial charge on any atom is 0.243 e. The molecule has 0 aliphatic carbocycles. The van der Waals surface area contributed by atoms with Crippen LogP contribution in [0.3, 0.4) is 0 Å².